The van der Waals surface area contributed by atoms with Gasteiger partial charge in [0.2, 0.25) is 0 Å². The largest absolute Gasteiger partial charge is 0.493 e. The standard InChI is InChI=1S/C22H22ClN3O6/c1-4-13(2)32-20-17(23)9-15(11-19(20)31-3)10-18-21(27)25(22(28)24-18)12-14-5-7-16(8-6-14)26(29)30/h5-11,13H,4,12H2,1-3H3,(H,24,28). The Morgan fingerprint density at radius 2 is 1.94 bits per heavy atom. The van der Waals surface area contributed by atoms with Gasteiger partial charge >= 0.3 is 6.03 Å². The van der Waals surface area contributed by atoms with Crippen LogP contribution in [0, 0.1) is 10.1 Å². The predicted molar refractivity (Wildman–Crippen MR) is 119 cm³/mol. The third-order valence-corrected chi connectivity index (χ3v) is 5.19. The summed E-state index contributed by atoms with van der Waals surface area (Å²) in [6, 6.07) is 8.34. The van der Waals surface area contributed by atoms with Crippen molar-refractivity contribution in [2.75, 3.05) is 7.11 Å². The number of urea groups is 1. The van der Waals surface area contributed by atoms with E-state index < -0.39 is 16.9 Å². The van der Waals surface area contributed by atoms with Crippen LogP contribution in [0.4, 0.5) is 10.5 Å². The summed E-state index contributed by atoms with van der Waals surface area (Å²) in [4.78, 5) is 36.4. The smallest absolute Gasteiger partial charge is 0.329 e. The van der Waals surface area contributed by atoms with Gasteiger partial charge in [0.25, 0.3) is 11.6 Å². The van der Waals surface area contributed by atoms with E-state index in [1.54, 1.807) is 12.1 Å². The number of imide groups is 1. The highest BCUT2D eigenvalue weighted by atomic mass is 35.5. The number of carbonyl (C=O) groups is 2. The molecule has 32 heavy (non-hydrogen) atoms. The van der Waals surface area contributed by atoms with Crippen molar-refractivity contribution in [1.82, 2.24) is 10.2 Å². The molecule has 9 nitrogen and oxygen atoms in total. The number of non-ortho nitro benzene ring substituents is 1. The Hall–Kier alpha value is -3.59. The highest BCUT2D eigenvalue weighted by molar-refractivity contribution is 6.32. The van der Waals surface area contributed by atoms with Crippen LogP contribution in [-0.2, 0) is 11.3 Å². The van der Waals surface area contributed by atoms with E-state index in [9.17, 15) is 19.7 Å². The van der Waals surface area contributed by atoms with Gasteiger partial charge in [0.15, 0.2) is 11.5 Å². The van der Waals surface area contributed by atoms with Crippen molar-refractivity contribution in [3.8, 4) is 11.5 Å². The molecule has 3 rings (SSSR count). The number of nitrogens with zero attached hydrogens (tertiary/aromatic N) is 2. The fourth-order valence-corrected chi connectivity index (χ4v) is 3.27. The molecule has 168 valence electrons. The highest BCUT2D eigenvalue weighted by Gasteiger charge is 2.33. The number of ether oxygens (including phenoxy) is 2. The molecule has 3 amide bonds. The minimum Gasteiger partial charge on any atom is -0.493 e. The number of hydrogen-bond acceptors (Lipinski definition) is 6. The molecule has 1 atom stereocenters. The molecule has 0 radical (unpaired) electrons. The Morgan fingerprint density at radius 1 is 1.25 bits per heavy atom. The van der Waals surface area contributed by atoms with E-state index in [0.29, 0.717) is 27.6 Å². The molecule has 1 unspecified atom stereocenters. The molecule has 1 fully saturated rings. The lowest BCUT2D eigenvalue weighted by Gasteiger charge is -2.17. The Balaban J connectivity index is 1.82. The van der Waals surface area contributed by atoms with Crippen molar-refractivity contribution >= 4 is 35.3 Å². The molecular formula is C22H22ClN3O6. The van der Waals surface area contributed by atoms with Crippen LogP contribution in [0.25, 0.3) is 6.08 Å². The number of benzene rings is 2. The average molecular weight is 460 g/mol. The summed E-state index contributed by atoms with van der Waals surface area (Å²) < 4.78 is 11.2. The van der Waals surface area contributed by atoms with Gasteiger partial charge in [-0.05, 0) is 42.7 Å². The number of nitro benzene ring substituents is 1. The lowest BCUT2D eigenvalue weighted by Crippen LogP contribution is -2.30. The van der Waals surface area contributed by atoms with E-state index >= 15 is 0 Å². The monoisotopic (exact) mass is 459 g/mol. The van der Waals surface area contributed by atoms with Crippen LogP contribution in [0.3, 0.4) is 0 Å². The van der Waals surface area contributed by atoms with E-state index in [2.05, 4.69) is 5.32 Å². The number of nitro groups is 1. The number of rotatable bonds is 8. The lowest BCUT2D eigenvalue weighted by atomic mass is 10.1. The van der Waals surface area contributed by atoms with E-state index in [1.807, 2.05) is 13.8 Å². The van der Waals surface area contributed by atoms with Gasteiger partial charge in [-0.15, -0.1) is 0 Å². The van der Waals surface area contributed by atoms with Crippen LogP contribution in [0.15, 0.2) is 42.1 Å². The second-order valence-electron chi connectivity index (χ2n) is 7.17. The van der Waals surface area contributed by atoms with Gasteiger partial charge in [-0.25, -0.2) is 4.79 Å². The Morgan fingerprint density at radius 3 is 2.53 bits per heavy atom. The predicted octanol–water partition coefficient (Wildman–Crippen LogP) is 4.53. The number of carbonyl (C=O) groups excluding carboxylic acids is 2. The number of amides is 3. The molecule has 2 aromatic carbocycles. The van der Waals surface area contributed by atoms with Gasteiger partial charge in [0, 0.05) is 12.1 Å². The zero-order valence-electron chi connectivity index (χ0n) is 17.8. The summed E-state index contributed by atoms with van der Waals surface area (Å²) in [5.41, 5.74) is 1.13. The molecule has 0 aliphatic carbocycles. The van der Waals surface area contributed by atoms with Crippen molar-refractivity contribution in [3.63, 3.8) is 0 Å². The van der Waals surface area contributed by atoms with Crippen molar-refractivity contribution in [1.29, 1.82) is 0 Å². The summed E-state index contributed by atoms with van der Waals surface area (Å²) in [6.07, 6.45) is 2.22. The molecule has 1 aliphatic rings. The van der Waals surface area contributed by atoms with Gasteiger partial charge in [0.1, 0.15) is 5.70 Å². The van der Waals surface area contributed by atoms with Gasteiger partial charge in [-0.3, -0.25) is 19.8 Å². The van der Waals surface area contributed by atoms with Crippen LogP contribution in [0.1, 0.15) is 31.4 Å². The van der Waals surface area contributed by atoms with E-state index in [4.69, 9.17) is 21.1 Å². The lowest BCUT2D eigenvalue weighted by molar-refractivity contribution is -0.384. The molecular weight excluding hydrogens is 438 g/mol. The Kier molecular flexibility index (Phi) is 6.99. The molecule has 1 N–H and O–H groups in total. The van der Waals surface area contributed by atoms with Crippen LogP contribution < -0.4 is 14.8 Å². The van der Waals surface area contributed by atoms with Crippen LogP contribution in [0.2, 0.25) is 5.02 Å². The fraction of sp³-hybridized carbons (Fsp3) is 0.273. The van der Waals surface area contributed by atoms with E-state index in [-0.39, 0.29) is 24.0 Å². The van der Waals surface area contributed by atoms with Crippen molar-refractivity contribution < 1.29 is 24.0 Å². The highest BCUT2D eigenvalue weighted by Crippen LogP contribution is 2.38. The topological polar surface area (TPSA) is 111 Å². The molecule has 0 aromatic heterocycles. The molecule has 0 spiro atoms. The second kappa shape index (κ2) is 9.69. The minimum atomic E-state index is -0.589. The molecule has 0 saturated carbocycles. The van der Waals surface area contributed by atoms with Gasteiger partial charge in [-0.1, -0.05) is 30.7 Å². The van der Waals surface area contributed by atoms with Crippen molar-refractivity contribution in [2.24, 2.45) is 0 Å². The zero-order chi connectivity index (χ0) is 23.4. The molecule has 1 heterocycles. The number of halogens is 1. The summed E-state index contributed by atoms with van der Waals surface area (Å²) in [6.45, 7) is 3.88. The number of nitrogens with one attached hydrogen (secondary N) is 1. The third kappa shape index (κ3) is 5.00. The maximum absolute atomic E-state index is 12.8. The SMILES string of the molecule is CCC(C)Oc1c(Cl)cc(C=C2NC(=O)N(Cc3ccc([N+](=O)[O-])cc3)C2=O)cc1OC. The van der Waals surface area contributed by atoms with E-state index in [0.717, 1.165) is 11.3 Å². The van der Waals surface area contributed by atoms with Gasteiger partial charge in [0.05, 0.1) is 29.7 Å². The minimum absolute atomic E-state index is 0.0221. The maximum atomic E-state index is 12.8. The first-order valence-corrected chi connectivity index (χ1v) is 10.2. The number of methoxy groups -OCH3 is 1. The summed E-state index contributed by atoms with van der Waals surface area (Å²) in [5.74, 6) is 0.291. The van der Waals surface area contributed by atoms with Gasteiger partial charge in [-0.2, -0.15) is 0 Å². The molecule has 10 heteroatoms. The average Bonchev–Trinajstić information content (AvgIpc) is 3.02. The molecule has 1 saturated heterocycles. The maximum Gasteiger partial charge on any atom is 0.329 e. The molecule has 2 aromatic rings. The zero-order valence-corrected chi connectivity index (χ0v) is 18.5. The van der Waals surface area contributed by atoms with E-state index in [1.165, 1.54) is 37.5 Å². The van der Waals surface area contributed by atoms with Crippen LogP contribution in [-0.4, -0.2) is 35.0 Å². The number of hydrogen-bond donors (Lipinski definition) is 1. The summed E-state index contributed by atoms with van der Waals surface area (Å²) >= 11 is 6.37. The Bertz CT molecular complexity index is 1080. The fourth-order valence-electron chi connectivity index (χ4n) is 3.01. The normalized spacial score (nSPS) is 15.6. The first kappa shape index (κ1) is 23.1. The van der Waals surface area contributed by atoms with Crippen LogP contribution >= 0.6 is 11.6 Å². The molecule has 0 bridgehead atoms. The second-order valence-corrected chi connectivity index (χ2v) is 7.58. The first-order valence-electron chi connectivity index (χ1n) is 9.85. The summed E-state index contributed by atoms with van der Waals surface area (Å²) in [5, 5.41) is 13.6. The van der Waals surface area contributed by atoms with Crippen LogP contribution in [0.5, 0.6) is 11.5 Å². The Labute approximate surface area is 189 Å². The molecule has 1 aliphatic heterocycles. The van der Waals surface area contributed by atoms with Gasteiger partial charge < -0.3 is 14.8 Å². The first-order chi connectivity index (χ1) is 15.2. The van der Waals surface area contributed by atoms with Crippen molar-refractivity contribution in [2.45, 2.75) is 32.9 Å². The van der Waals surface area contributed by atoms with Crippen molar-refractivity contribution in [3.05, 3.63) is 68.4 Å². The third-order valence-electron chi connectivity index (χ3n) is 4.91. The summed E-state index contributed by atoms with van der Waals surface area (Å²) in [7, 11) is 1.49. The quantitative estimate of drug-likeness (QED) is 0.269.